The SMILES string of the molecule is [C-]#[N+]CCOP(OC1[C@@H](COC(c2ccccc2)(c2ccc(OC)cc2)c2ccc(OC)cc2)C[C@H](NC(=S)C(F)(F)F)[C@H]1OC)N(C(C)C)C(C)C. The van der Waals surface area contributed by atoms with Gasteiger partial charge in [-0.1, -0.05) is 66.8 Å². The number of benzene rings is 3. The Hall–Kier alpha value is -3.34. The minimum Gasteiger partial charge on any atom is -0.497 e. The van der Waals surface area contributed by atoms with E-state index in [2.05, 4.69) is 14.8 Å². The van der Waals surface area contributed by atoms with Crippen LogP contribution in [0, 0.1) is 12.5 Å². The van der Waals surface area contributed by atoms with Crippen LogP contribution in [-0.2, 0) is 24.1 Å². The van der Waals surface area contributed by atoms with Crippen molar-refractivity contribution >= 4 is 25.7 Å². The van der Waals surface area contributed by atoms with Crippen molar-refractivity contribution in [2.24, 2.45) is 5.92 Å². The average Bonchev–Trinajstić information content (AvgIpc) is 3.47. The molecule has 14 heteroatoms. The minimum atomic E-state index is -4.73. The van der Waals surface area contributed by atoms with E-state index >= 15 is 0 Å². The summed E-state index contributed by atoms with van der Waals surface area (Å²) in [7, 11) is 2.86. The maximum atomic E-state index is 13.8. The maximum Gasteiger partial charge on any atom is 0.441 e. The van der Waals surface area contributed by atoms with E-state index in [1.165, 1.54) is 7.11 Å². The van der Waals surface area contributed by atoms with Crippen LogP contribution in [0.1, 0.15) is 50.8 Å². The molecule has 0 saturated heterocycles. The van der Waals surface area contributed by atoms with Gasteiger partial charge in [-0.3, -0.25) is 0 Å². The molecule has 9 nitrogen and oxygen atoms in total. The lowest BCUT2D eigenvalue weighted by Gasteiger charge is -2.40. The van der Waals surface area contributed by atoms with Crippen LogP contribution in [0.15, 0.2) is 78.9 Å². The monoisotopic (exact) mass is 775 g/mol. The minimum absolute atomic E-state index is 0.00578. The van der Waals surface area contributed by atoms with E-state index in [9.17, 15) is 13.2 Å². The van der Waals surface area contributed by atoms with Gasteiger partial charge in [0.1, 0.15) is 29.8 Å². The molecule has 2 unspecified atom stereocenters. The Balaban J connectivity index is 1.84. The zero-order chi connectivity index (χ0) is 38.8. The van der Waals surface area contributed by atoms with Gasteiger partial charge in [0, 0.05) is 25.1 Å². The molecule has 288 valence electrons. The van der Waals surface area contributed by atoms with Crippen LogP contribution < -0.4 is 14.8 Å². The summed E-state index contributed by atoms with van der Waals surface area (Å²) >= 11 is 4.79. The molecule has 0 spiro atoms. The third kappa shape index (κ3) is 10.3. The molecule has 1 fully saturated rings. The lowest BCUT2D eigenvalue weighted by Crippen LogP contribution is -2.48. The number of nitrogens with one attached hydrogen (secondary N) is 1. The predicted molar refractivity (Wildman–Crippen MR) is 204 cm³/mol. The van der Waals surface area contributed by atoms with E-state index in [1.54, 1.807) is 14.2 Å². The Kier molecular flexibility index (Phi) is 15.4. The van der Waals surface area contributed by atoms with Crippen molar-refractivity contribution < 1.29 is 41.2 Å². The highest BCUT2D eigenvalue weighted by Crippen LogP contribution is 2.51. The second-order valence-electron chi connectivity index (χ2n) is 13.2. The van der Waals surface area contributed by atoms with Gasteiger partial charge < -0.3 is 38.2 Å². The molecule has 0 amide bonds. The molecule has 1 N–H and O–H groups in total. The van der Waals surface area contributed by atoms with Crippen molar-refractivity contribution in [2.45, 2.75) is 76.2 Å². The molecular formula is C39H49F3N3O6PS. The summed E-state index contributed by atoms with van der Waals surface area (Å²) in [6.07, 6.45) is -6.18. The number of halogens is 3. The molecule has 5 atom stereocenters. The van der Waals surface area contributed by atoms with Crippen molar-refractivity contribution in [3.8, 4) is 11.5 Å². The summed E-state index contributed by atoms with van der Waals surface area (Å²) in [5, 5.41) is 2.53. The second kappa shape index (κ2) is 19.3. The maximum absolute atomic E-state index is 13.8. The first-order chi connectivity index (χ1) is 25.3. The standard InChI is InChI=1S/C39H49F3N3O6PS/c1-26(2)45(27(3)4)52(50-23-22-43-5)51-35-28(24-34(36(35)48-8)44-37(53)39(40,41)42)25-49-38(29-12-10-9-11-13-29,30-14-18-32(46-6)19-15-30)31-16-20-33(47-7)21-17-31/h9-21,26-28,34-36H,22-25H2,1-4,6-8H3,(H,44,53)/t28-,34+,35?,36-,52?/m1/s1. The van der Waals surface area contributed by atoms with Gasteiger partial charge in [0.2, 0.25) is 6.54 Å². The Bertz CT molecular complexity index is 1570. The van der Waals surface area contributed by atoms with Gasteiger partial charge in [0.05, 0.1) is 33.0 Å². The number of methoxy groups -OCH3 is 3. The Labute approximate surface area is 317 Å². The normalized spacial score (nSPS) is 19.7. The van der Waals surface area contributed by atoms with Crippen molar-refractivity contribution in [1.82, 2.24) is 9.99 Å². The third-order valence-electron chi connectivity index (χ3n) is 9.14. The molecule has 1 aliphatic carbocycles. The fourth-order valence-corrected chi connectivity index (χ4v) is 8.74. The number of hydrogen-bond donors (Lipinski definition) is 1. The molecule has 4 rings (SSSR count). The summed E-state index contributed by atoms with van der Waals surface area (Å²) in [5.74, 6) is 0.834. The van der Waals surface area contributed by atoms with E-state index in [-0.39, 0.29) is 38.3 Å². The van der Waals surface area contributed by atoms with Crippen molar-refractivity contribution in [2.75, 3.05) is 41.1 Å². The van der Waals surface area contributed by atoms with E-state index in [1.807, 2.05) is 107 Å². The Morgan fingerprint density at radius 2 is 1.40 bits per heavy atom. The number of rotatable bonds is 18. The number of alkyl halides is 3. The number of hydrogen-bond acceptors (Lipinski definition) is 8. The van der Waals surface area contributed by atoms with E-state index in [0.29, 0.717) is 11.5 Å². The van der Waals surface area contributed by atoms with Gasteiger partial charge in [-0.2, -0.15) is 13.2 Å². The number of nitrogens with zero attached hydrogens (tertiary/aromatic N) is 2. The summed E-state index contributed by atoms with van der Waals surface area (Å²) < 4.78 is 80.7. The van der Waals surface area contributed by atoms with E-state index in [0.717, 1.165) is 16.7 Å². The fourth-order valence-electron chi connectivity index (χ4n) is 6.79. The topological polar surface area (TPSA) is 75.0 Å². The number of ether oxygens (including phenoxy) is 4. The molecule has 0 radical (unpaired) electrons. The summed E-state index contributed by atoms with van der Waals surface area (Å²) in [4.78, 5) is 2.20. The summed E-state index contributed by atoms with van der Waals surface area (Å²) in [6, 6.07) is 24.1. The van der Waals surface area contributed by atoms with E-state index in [4.69, 9.17) is 46.8 Å². The molecule has 0 bridgehead atoms. The molecule has 3 aromatic carbocycles. The van der Waals surface area contributed by atoms with Crippen LogP contribution in [0.3, 0.4) is 0 Å². The largest absolute Gasteiger partial charge is 0.497 e. The molecule has 3 aromatic rings. The van der Waals surface area contributed by atoms with Crippen LogP contribution >= 0.6 is 20.7 Å². The second-order valence-corrected chi connectivity index (χ2v) is 15.0. The van der Waals surface area contributed by atoms with Crippen LogP contribution in [0.5, 0.6) is 11.5 Å². The van der Waals surface area contributed by atoms with Gasteiger partial charge in [0.25, 0.3) is 8.53 Å². The highest BCUT2D eigenvalue weighted by atomic mass is 32.1. The first-order valence-corrected chi connectivity index (χ1v) is 18.9. The highest BCUT2D eigenvalue weighted by Gasteiger charge is 2.50. The molecule has 1 aliphatic rings. The number of thiocarbonyl (C=S) groups is 1. The van der Waals surface area contributed by atoms with Crippen LogP contribution in [-0.4, -0.2) is 87.3 Å². The quantitative estimate of drug-likeness (QED) is 0.0450. The third-order valence-corrected chi connectivity index (χ3v) is 11.6. The average molecular weight is 776 g/mol. The zero-order valence-corrected chi connectivity index (χ0v) is 32.8. The highest BCUT2D eigenvalue weighted by molar-refractivity contribution is 7.80. The van der Waals surface area contributed by atoms with Crippen LogP contribution in [0.25, 0.3) is 4.85 Å². The first kappa shape index (κ1) is 42.4. The summed E-state index contributed by atoms with van der Waals surface area (Å²) in [5.41, 5.74) is 1.25. The van der Waals surface area contributed by atoms with Gasteiger partial charge in [-0.05, 0) is 75.1 Å². The van der Waals surface area contributed by atoms with Crippen molar-refractivity contribution in [3.05, 3.63) is 107 Å². The van der Waals surface area contributed by atoms with Crippen molar-refractivity contribution in [3.63, 3.8) is 0 Å². The molecule has 0 aliphatic heterocycles. The van der Waals surface area contributed by atoms with Crippen LogP contribution in [0.4, 0.5) is 13.2 Å². The smallest absolute Gasteiger partial charge is 0.441 e. The Morgan fingerprint density at radius 3 is 1.85 bits per heavy atom. The molecule has 1 saturated carbocycles. The lowest BCUT2D eigenvalue weighted by atomic mass is 9.79. The van der Waals surface area contributed by atoms with Gasteiger partial charge in [0.15, 0.2) is 4.99 Å². The van der Waals surface area contributed by atoms with Crippen LogP contribution in [0.2, 0.25) is 0 Å². The predicted octanol–water partition coefficient (Wildman–Crippen LogP) is 8.56. The van der Waals surface area contributed by atoms with Crippen molar-refractivity contribution in [1.29, 1.82) is 0 Å². The molecule has 0 aromatic heterocycles. The first-order valence-electron chi connectivity index (χ1n) is 17.4. The fraction of sp³-hybridized carbons (Fsp3) is 0.487. The molecule has 53 heavy (non-hydrogen) atoms. The Morgan fingerprint density at radius 1 is 0.868 bits per heavy atom. The van der Waals surface area contributed by atoms with Gasteiger partial charge in [-0.15, -0.1) is 0 Å². The lowest BCUT2D eigenvalue weighted by molar-refractivity contribution is -0.0627. The van der Waals surface area contributed by atoms with Gasteiger partial charge >= 0.3 is 6.18 Å². The molecule has 0 heterocycles. The summed E-state index contributed by atoms with van der Waals surface area (Å²) in [6.45, 7) is 15.7. The van der Waals surface area contributed by atoms with Gasteiger partial charge in [-0.25, -0.2) is 11.2 Å². The molecular weight excluding hydrogens is 726 g/mol. The van der Waals surface area contributed by atoms with E-state index < -0.39 is 49.5 Å². The zero-order valence-electron chi connectivity index (χ0n) is 31.1.